The van der Waals surface area contributed by atoms with Crippen molar-refractivity contribution in [2.45, 2.75) is 6.54 Å². The summed E-state index contributed by atoms with van der Waals surface area (Å²) in [6.45, 7) is 0.529. The van der Waals surface area contributed by atoms with E-state index in [4.69, 9.17) is 5.73 Å². The van der Waals surface area contributed by atoms with E-state index in [1.807, 2.05) is 66.7 Å². The number of rotatable bonds is 6. The summed E-state index contributed by atoms with van der Waals surface area (Å²) in [5.74, 6) is -0.470. The Labute approximate surface area is 157 Å². The molecular formula is C21H20N4O2. The molecule has 6 heteroatoms. The highest BCUT2D eigenvalue weighted by Crippen LogP contribution is 2.17. The van der Waals surface area contributed by atoms with Crippen LogP contribution in [0, 0.1) is 0 Å². The second-order valence-electron chi connectivity index (χ2n) is 5.91. The molecule has 0 spiro atoms. The van der Waals surface area contributed by atoms with Crippen LogP contribution in [-0.2, 0) is 6.54 Å². The predicted octanol–water partition coefficient (Wildman–Crippen LogP) is 4.04. The molecule has 0 saturated heterocycles. The Hall–Kier alpha value is -3.80. The van der Waals surface area contributed by atoms with E-state index in [1.54, 1.807) is 12.1 Å². The number of benzene rings is 3. The fraction of sp³-hybridized carbons (Fsp3) is 0.0476. The summed E-state index contributed by atoms with van der Waals surface area (Å²) in [6.07, 6.45) is 0. The van der Waals surface area contributed by atoms with Gasteiger partial charge in [-0.2, -0.15) is 0 Å². The van der Waals surface area contributed by atoms with E-state index in [0.717, 1.165) is 11.3 Å². The number of amides is 3. The minimum absolute atomic E-state index is 0.303. The number of carbonyl (C=O) groups is 2. The van der Waals surface area contributed by atoms with Crippen molar-refractivity contribution in [3.63, 3.8) is 0 Å². The van der Waals surface area contributed by atoms with Crippen LogP contribution in [0.15, 0.2) is 78.9 Å². The maximum atomic E-state index is 12.0. The Bertz CT molecular complexity index is 924. The van der Waals surface area contributed by atoms with Gasteiger partial charge in [0.1, 0.15) is 0 Å². The van der Waals surface area contributed by atoms with E-state index >= 15 is 0 Å². The molecule has 3 aromatic rings. The fourth-order valence-electron chi connectivity index (χ4n) is 2.57. The summed E-state index contributed by atoms with van der Waals surface area (Å²) >= 11 is 0. The lowest BCUT2D eigenvalue weighted by molar-refractivity contribution is 0.100. The van der Waals surface area contributed by atoms with Gasteiger partial charge in [-0.05, 0) is 42.0 Å². The van der Waals surface area contributed by atoms with Crippen molar-refractivity contribution in [2.75, 3.05) is 16.0 Å². The van der Waals surface area contributed by atoms with Crippen molar-refractivity contribution < 1.29 is 9.59 Å². The van der Waals surface area contributed by atoms with Crippen LogP contribution in [-0.4, -0.2) is 11.9 Å². The Morgan fingerprint density at radius 1 is 0.741 bits per heavy atom. The molecule has 6 nitrogen and oxygen atoms in total. The van der Waals surface area contributed by atoms with Crippen molar-refractivity contribution in [3.8, 4) is 0 Å². The quantitative estimate of drug-likeness (QED) is 0.534. The number of nitrogens with two attached hydrogens (primary N) is 1. The normalized spacial score (nSPS) is 10.1. The highest BCUT2D eigenvalue weighted by Gasteiger charge is 2.07. The SMILES string of the molecule is NC(=O)c1ccccc1NCc1ccc(NC(=O)Nc2ccccc2)cc1. The third-order valence-corrected chi connectivity index (χ3v) is 3.92. The molecule has 0 aromatic heterocycles. The average Bonchev–Trinajstić information content (AvgIpc) is 2.68. The van der Waals surface area contributed by atoms with Gasteiger partial charge in [-0.15, -0.1) is 0 Å². The molecule has 0 fully saturated rings. The summed E-state index contributed by atoms with van der Waals surface area (Å²) in [5.41, 5.74) is 8.94. The van der Waals surface area contributed by atoms with E-state index < -0.39 is 5.91 Å². The molecule has 3 rings (SSSR count). The van der Waals surface area contributed by atoms with Gasteiger partial charge in [0, 0.05) is 23.6 Å². The largest absolute Gasteiger partial charge is 0.380 e. The van der Waals surface area contributed by atoms with Crippen LogP contribution in [0.5, 0.6) is 0 Å². The number of anilines is 3. The molecular weight excluding hydrogens is 340 g/mol. The first kappa shape index (κ1) is 18.0. The molecule has 0 aliphatic heterocycles. The standard InChI is InChI=1S/C21H20N4O2/c22-20(26)18-8-4-5-9-19(18)23-14-15-10-12-17(13-11-15)25-21(27)24-16-6-2-1-3-7-16/h1-13,23H,14H2,(H2,22,26)(H2,24,25,27). The predicted molar refractivity (Wildman–Crippen MR) is 108 cm³/mol. The summed E-state index contributed by atoms with van der Waals surface area (Å²) < 4.78 is 0. The van der Waals surface area contributed by atoms with Gasteiger partial charge in [0.25, 0.3) is 5.91 Å². The molecule has 0 bridgehead atoms. The lowest BCUT2D eigenvalue weighted by Crippen LogP contribution is -2.19. The van der Waals surface area contributed by atoms with Gasteiger partial charge in [0.2, 0.25) is 0 Å². The molecule has 136 valence electrons. The van der Waals surface area contributed by atoms with Crippen molar-refractivity contribution in [2.24, 2.45) is 5.73 Å². The molecule has 3 amide bonds. The zero-order valence-corrected chi connectivity index (χ0v) is 14.6. The number of nitrogens with one attached hydrogen (secondary N) is 3. The van der Waals surface area contributed by atoms with E-state index in [1.165, 1.54) is 0 Å². The summed E-state index contributed by atoms with van der Waals surface area (Å²) in [4.78, 5) is 23.4. The Morgan fingerprint density at radius 3 is 2.00 bits per heavy atom. The van der Waals surface area contributed by atoms with Crippen molar-refractivity contribution in [3.05, 3.63) is 90.0 Å². The first-order valence-electron chi connectivity index (χ1n) is 8.46. The van der Waals surface area contributed by atoms with E-state index in [9.17, 15) is 9.59 Å². The smallest absolute Gasteiger partial charge is 0.323 e. The first-order valence-corrected chi connectivity index (χ1v) is 8.46. The summed E-state index contributed by atoms with van der Waals surface area (Å²) in [7, 11) is 0. The van der Waals surface area contributed by atoms with Crippen LogP contribution >= 0.6 is 0 Å². The molecule has 27 heavy (non-hydrogen) atoms. The van der Waals surface area contributed by atoms with Crippen molar-refractivity contribution in [1.29, 1.82) is 0 Å². The van der Waals surface area contributed by atoms with Crippen molar-refractivity contribution >= 4 is 29.0 Å². The van der Waals surface area contributed by atoms with E-state index in [2.05, 4.69) is 16.0 Å². The van der Waals surface area contributed by atoms with Crippen LogP contribution in [0.25, 0.3) is 0 Å². The Morgan fingerprint density at radius 2 is 1.33 bits per heavy atom. The van der Waals surface area contributed by atoms with Crippen LogP contribution in [0.1, 0.15) is 15.9 Å². The number of hydrogen-bond donors (Lipinski definition) is 4. The molecule has 0 atom stereocenters. The molecule has 5 N–H and O–H groups in total. The molecule has 3 aromatic carbocycles. The first-order chi connectivity index (χ1) is 13.1. The third-order valence-electron chi connectivity index (χ3n) is 3.92. The molecule has 0 unspecified atom stereocenters. The van der Waals surface area contributed by atoms with Gasteiger partial charge in [-0.1, -0.05) is 42.5 Å². The summed E-state index contributed by atoms with van der Waals surface area (Å²) in [6, 6.07) is 23.5. The second kappa shape index (κ2) is 8.53. The van der Waals surface area contributed by atoms with Crippen LogP contribution in [0.3, 0.4) is 0 Å². The zero-order valence-electron chi connectivity index (χ0n) is 14.6. The average molecular weight is 360 g/mol. The monoisotopic (exact) mass is 360 g/mol. The van der Waals surface area contributed by atoms with Crippen LogP contribution in [0.4, 0.5) is 21.9 Å². The Balaban J connectivity index is 1.56. The number of hydrogen-bond acceptors (Lipinski definition) is 3. The lowest BCUT2D eigenvalue weighted by Gasteiger charge is -2.11. The molecule has 0 aliphatic rings. The fourth-order valence-corrected chi connectivity index (χ4v) is 2.57. The third kappa shape index (κ3) is 5.09. The molecule has 0 heterocycles. The minimum atomic E-state index is -0.470. The van der Waals surface area contributed by atoms with Gasteiger partial charge >= 0.3 is 6.03 Å². The van der Waals surface area contributed by atoms with Gasteiger partial charge in [0.15, 0.2) is 0 Å². The van der Waals surface area contributed by atoms with E-state index in [0.29, 0.717) is 23.5 Å². The Kier molecular flexibility index (Phi) is 5.69. The van der Waals surface area contributed by atoms with Crippen LogP contribution < -0.4 is 21.7 Å². The van der Waals surface area contributed by atoms with Crippen LogP contribution in [0.2, 0.25) is 0 Å². The van der Waals surface area contributed by atoms with Crippen molar-refractivity contribution in [1.82, 2.24) is 0 Å². The maximum absolute atomic E-state index is 12.0. The topological polar surface area (TPSA) is 96.2 Å². The number of primary amides is 1. The number of carbonyl (C=O) groups excluding carboxylic acids is 2. The number of para-hydroxylation sites is 2. The second-order valence-corrected chi connectivity index (χ2v) is 5.91. The van der Waals surface area contributed by atoms with Gasteiger partial charge < -0.3 is 21.7 Å². The zero-order chi connectivity index (χ0) is 19.1. The van der Waals surface area contributed by atoms with Gasteiger partial charge in [-0.25, -0.2) is 4.79 Å². The summed E-state index contributed by atoms with van der Waals surface area (Å²) in [5, 5.41) is 8.75. The van der Waals surface area contributed by atoms with Gasteiger partial charge in [-0.3, -0.25) is 4.79 Å². The highest BCUT2D eigenvalue weighted by molar-refractivity contribution is 6.00. The van der Waals surface area contributed by atoms with Gasteiger partial charge in [0.05, 0.1) is 5.56 Å². The minimum Gasteiger partial charge on any atom is -0.380 e. The lowest BCUT2D eigenvalue weighted by atomic mass is 10.1. The number of urea groups is 1. The molecule has 0 saturated carbocycles. The molecule has 0 aliphatic carbocycles. The van der Waals surface area contributed by atoms with E-state index in [-0.39, 0.29) is 6.03 Å². The maximum Gasteiger partial charge on any atom is 0.323 e. The highest BCUT2D eigenvalue weighted by atomic mass is 16.2. The molecule has 0 radical (unpaired) electrons.